The van der Waals surface area contributed by atoms with Crippen LogP contribution in [0.25, 0.3) is 11.0 Å². The van der Waals surface area contributed by atoms with Crippen molar-refractivity contribution < 1.29 is 9.53 Å². The van der Waals surface area contributed by atoms with Gasteiger partial charge in [-0.15, -0.1) is 0 Å². The molecule has 0 aliphatic carbocycles. The maximum absolute atomic E-state index is 12.2. The summed E-state index contributed by atoms with van der Waals surface area (Å²) in [6, 6.07) is 21.4. The van der Waals surface area contributed by atoms with E-state index in [4.69, 9.17) is 9.72 Å². The molecule has 2 heterocycles. The van der Waals surface area contributed by atoms with E-state index in [1.165, 1.54) is 0 Å². The summed E-state index contributed by atoms with van der Waals surface area (Å²) >= 11 is 0. The number of nitrogens with one attached hydrogen (secondary N) is 1. The molecule has 4 rings (SSSR count). The van der Waals surface area contributed by atoms with Gasteiger partial charge in [-0.1, -0.05) is 30.3 Å². The van der Waals surface area contributed by atoms with Crippen molar-refractivity contribution in [2.45, 2.75) is 13.0 Å². The van der Waals surface area contributed by atoms with Gasteiger partial charge in [0.1, 0.15) is 17.3 Å². The molecule has 0 saturated carbocycles. The molecule has 0 fully saturated rings. The Hall–Kier alpha value is -3.67. The van der Waals surface area contributed by atoms with Gasteiger partial charge < -0.3 is 14.6 Å². The second-order valence-electron chi connectivity index (χ2n) is 6.67. The molecular formula is C23H22N4O2. The van der Waals surface area contributed by atoms with E-state index >= 15 is 0 Å². The molecule has 29 heavy (non-hydrogen) atoms. The summed E-state index contributed by atoms with van der Waals surface area (Å²) in [4.78, 5) is 21.1. The molecule has 2 aromatic heterocycles. The largest absolute Gasteiger partial charge is 0.497 e. The Morgan fingerprint density at radius 2 is 1.83 bits per heavy atom. The van der Waals surface area contributed by atoms with Crippen molar-refractivity contribution in [1.82, 2.24) is 19.9 Å². The van der Waals surface area contributed by atoms with Gasteiger partial charge in [-0.2, -0.15) is 0 Å². The molecular weight excluding hydrogens is 364 g/mol. The number of benzene rings is 2. The smallest absolute Gasteiger partial charge is 0.269 e. The predicted octanol–water partition coefficient (Wildman–Crippen LogP) is 3.46. The zero-order chi connectivity index (χ0) is 20.1. The van der Waals surface area contributed by atoms with Gasteiger partial charge in [-0.3, -0.25) is 9.78 Å². The second kappa shape index (κ2) is 8.56. The molecule has 6 nitrogen and oxygen atoms in total. The average molecular weight is 386 g/mol. The second-order valence-corrected chi connectivity index (χ2v) is 6.67. The van der Waals surface area contributed by atoms with Gasteiger partial charge in [0.15, 0.2) is 0 Å². The van der Waals surface area contributed by atoms with Gasteiger partial charge in [0.05, 0.1) is 18.1 Å². The van der Waals surface area contributed by atoms with Gasteiger partial charge in [0, 0.05) is 25.7 Å². The Kier molecular flexibility index (Phi) is 5.52. The van der Waals surface area contributed by atoms with E-state index in [1.54, 1.807) is 31.5 Å². The van der Waals surface area contributed by atoms with E-state index in [2.05, 4.69) is 33.1 Å². The van der Waals surface area contributed by atoms with Gasteiger partial charge in [0.25, 0.3) is 5.91 Å². The maximum atomic E-state index is 12.2. The van der Waals surface area contributed by atoms with Crippen LogP contribution in [-0.2, 0) is 13.0 Å². The third kappa shape index (κ3) is 4.27. The normalized spacial score (nSPS) is 10.8. The maximum Gasteiger partial charge on any atom is 0.269 e. The van der Waals surface area contributed by atoms with Crippen molar-refractivity contribution >= 4 is 16.9 Å². The molecule has 4 aromatic rings. The van der Waals surface area contributed by atoms with E-state index in [0.29, 0.717) is 25.2 Å². The summed E-state index contributed by atoms with van der Waals surface area (Å²) < 4.78 is 7.44. The van der Waals surface area contributed by atoms with E-state index in [-0.39, 0.29) is 5.91 Å². The monoisotopic (exact) mass is 386 g/mol. The molecule has 0 radical (unpaired) electrons. The van der Waals surface area contributed by atoms with E-state index in [0.717, 1.165) is 28.2 Å². The summed E-state index contributed by atoms with van der Waals surface area (Å²) in [6.45, 7) is 1.19. The summed E-state index contributed by atoms with van der Waals surface area (Å²) in [7, 11) is 1.66. The first kappa shape index (κ1) is 18.7. The first-order chi connectivity index (χ1) is 14.2. The minimum Gasteiger partial charge on any atom is -0.497 e. The summed E-state index contributed by atoms with van der Waals surface area (Å²) in [6.07, 6.45) is 2.24. The quantitative estimate of drug-likeness (QED) is 0.528. The van der Waals surface area contributed by atoms with Crippen molar-refractivity contribution in [3.05, 3.63) is 90.0 Å². The van der Waals surface area contributed by atoms with Crippen LogP contribution in [0.4, 0.5) is 0 Å². The van der Waals surface area contributed by atoms with Crippen molar-refractivity contribution in [2.75, 3.05) is 13.7 Å². The van der Waals surface area contributed by atoms with Gasteiger partial charge in [0.2, 0.25) is 0 Å². The fourth-order valence-electron chi connectivity index (χ4n) is 3.28. The Balaban J connectivity index is 1.52. The van der Waals surface area contributed by atoms with Gasteiger partial charge in [-0.25, -0.2) is 4.98 Å². The van der Waals surface area contributed by atoms with Crippen molar-refractivity contribution in [1.29, 1.82) is 0 Å². The Morgan fingerprint density at radius 3 is 2.59 bits per heavy atom. The van der Waals surface area contributed by atoms with Gasteiger partial charge >= 0.3 is 0 Å². The number of para-hydroxylation sites is 2. The number of methoxy groups -OCH3 is 1. The minimum absolute atomic E-state index is 0.177. The standard InChI is InChI=1S/C23H22N4O2/c1-29-18-11-9-17(10-12-18)16-27-21-8-3-2-6-19(21)26-22(27)13-15-25-23(28)20-7-4-5-14-24-20/h2-12,14H,13,15-16H2,1H3,(H,25,28). The average Bonchev–Trinajstić information content (AvgIpc) is 3.12. The fraction of sp³-hybridized carbons (Fsp3) is 0.174. The van der Waals surface area contributed by atoms with Crippen LogP contribution in [0.2, 0.25) is 0 Å². The lowest BCUT2D eigenvalue weighted by Gasteiger charge is -2.11. The number of aromatic nitrogens is 3. The topological polar surface area (TPSA) is 69.0 Å². The molecule has 0 aliphatic rings. The molecule has 0 atom stereocenters. The van der Waals surface area contributed by atoms with Crippen molar-refractivity contribution in [3.63, 3.8) is 0 Å². The highest BCUT2D eigenvalue weighted by Gasteiger charge is 2.12. The number of carbonyl (C=O) groups is 1. The molecule has 0 unspecified atom stereocenters. The lowest BCUT2D eigenvalue weighted by Crippen LogP contribution is -2.27. The van der Waals surface area contributed by atoms with Crippen molar-refractivity contribution in [2.24, 2.45) is 0 Å². The lowest BCUT2D eigenvalue weighted by atomic mass is 10.2. The number of hydrogen-bond donors (Lipinski definition) is 1. The van der Waals surface area contributed by atoms with Crippen LogP contribution in [0.15, 0.2) is 72.9 Å². The van der Waals surface area contributed by atoms with E-state index in [1.807, 2.05) is 30.3 Å². The highest BCUT2D eigenvalue weighted by atomic mass is 16.5. The number of nitrogens with zero attached hydrogens (tertiary/aromatic N) is 3. The Labute approximate surface area is 169 Å². The Morgan fingerprint density at radius 1 is 1.03 bits per heavy atom. The summed E-state index contributed by atoms with van der Waals surface area (Å²) in [5, 5.41) is 2.93. The van der Waals surface area contributed by atoms with Crippen LogP contribution < -0.4 is 10.1 Å². The van der Waals surface area contributed by atoms with Crippen LogP contribution in [0.5, 0.6) is 5.75 Å². The Bertz CT molecular complexity index is 1100. The van der Waals surface area contributed by atoms with Crippen LogP contribution >= 0.6 is 0 Å². The molecule has 1 amide bonds. The predicted molar refractivity (Wildman–Crippen MR) is 112 cm³/mol. The summed E-state index contributed by atoms with van der Waals surface area (Å²) in [5.41, 5.74) is 3.60. The molecule has 146 valence electrons. The zero-order valence-electron chi connectivity index (χ0n) is 16.2. The third-order valence-corrected chi connectivity index (χ3v) is 4.77. The minimum atomic E-state index is -0.177. The zero-order valence-corrected chi connectivity index (χ0v) is 16.2. The van der Waals surface area contributed by atoms with Crippen LogP contribution in [0.1, 0.15) is 21.9 Å². The first-order valence-electron chi connectivity index (χ1n) is 9.51. The molecule has 0 aliphatic heterocycles. The first-order valence-corrected chi connectivity index (χ1v) is 9.51. The van der Waals surface area contributed by atoms with E-state index in [9.17, 15) is 4.79 Å². The molecule has 6 heteroatoms. The lowest BCUT2D eigenvalue weighted by molar-refractivity contribution is 0.0949. The summed E-state index contributed by atoms with van der Waals surface area (Å²) in [5.74, 6) is 1.59. The number of pyridine rings is 1. The number of imidazole rings is 1. The van der Waals surface area contributed by atoms with Crippen molar-refractivity contribution in [3.8, 4) is 5.75 Å². The molecule has 1 N–H and O–H groups in total. The SMILES string of the molecule is COc1ccc(Cn2c(CCNC(=O)c3ccccn3)nc3ccccc32)cc1. The van der Waals surface area contributed by atoms with Crippen LogP contribution in [0, 0.1) is 0 Å². The van der Waals surface area contributed by atoms with E-state index < -0.39 is 0 Å². The highest BCUT2D eigenvalue weighted by molar-refractivity contribution is 5.92. The fourth-order valence-corrected chi connectivity index (χ4v) is 3.28. The molecule has 0 bridgehead atoms. The molecule has 2 aromatic carbocycles. The number of carbonyl (C=O) groups excluding carboxylic acids is 1. The van der Waals surface area contributed by atoms with Crippen LogP contribution in [0.3, 0.4) is 0 Å². The molecule has 0 saturated heterocycles. The highest BCUT2D eigenvalue weighted by Crippen LogP contribution is 2.19. The number of amides is 1. The third-order valence-electron chi connectivity index (χ3n) is 4.77. The van der Waals surface area contributed by atoms with Gasteiger partial charge in [-0.05, 0) is 42.0 Å². The number of hydrogen-bond acceptors (Lipinski definition) is 4. The van der Waals surface area contributed by atoms with Crippen LogP contribution in [-0.4, -0.2) is 34.1 Å². The number of rotatable bonds is 7. The number of ether oxygens (including phenoxy) is 1. The molecule has 0 spiro atoms. The number of fused-ring (bicyclic) bond motifs is 1.